The van der Waals surface area contributed by atoms with E-state index in [9.17, 15) is 10.2 Å². The van der Waals surface area contributed by atoms with Crippen molar-refractivity contribution in [2.24, 2.45) is 5.92 Å². The van der Waals surface area contributed by atoms with E-state index in [0.29, 0.717) is 12.4 Å². The molecule has 1 atom stereocenters. The number of phenolic OH excluding ortho intramolecular Hbond substituents is 2. The number of nitrogens with zero attached hydrogens (tertiary/aromatic N) is 2. The van der Waals surface area contributed by atoms with Crippen LogP contribution in [-0.4, -0.2) is 41.4 Å². The number of likely N-dealkylation sites (tertiary alicyclic amines) is 1. The topological polar surface area (TPSA) is 66.5 Å². The number of hydrogen-bond donors (Lipinski definition) is 2. The van der Waals surface area contributed by atoms with Crippen LogP contribution in [0.15, 0.2) is 60.7 Å². The Kier molecular flexibility index (Phi) is 6.58. The SMILES string of the molecule is [C-]#[N+]c1cc2c(cc1O)C(C)=C(c1cccc(O)c1)C(c1ccc(OCCN3CC(CC)C3)cc1)O2. The molecule has 2 heterocycles. The van der Waals surface area contributed by atoms with Crippen molar-refractivity contribution in [1.29, 1.82) is 0 Å². The van der Waals surface area contributed by atoms with Crippen LogP contribution in [0.2, 0.25) is 0 Å². The predicted molar refractivity (Wildman–Crippen MR) is 140 cm³/mol. The molecule has 1 saturated heterocycles. The summed E-state index contributed by atoms with van der Waals surface area (Å²) in [5, 5.41) is 20.4. The van der Waals surface area contributed by atoms with E-state index in [1.807, 2.05) is 37.3 Å². The van der Waals surface area contributed by atoms with E-state index in [-0.39, 0.29) is 17.2 Å². The highest BCUT2D eigenvalue weighted by atomic mass is 16.5. The number of rotatable bonds is 7. The van der Waals surface area contributed by atoms with E-state index in [4.69, 9.17) is 16.0 Å². The highest BCUT2D eigenvalue weighted by molar-refractivity contribution is 5.96. The lowest BCUT2D eigenvalue weighted by molar-refractivity contribution is 0.0806. The molecule has 0 amide bonds. The molecule has 3 aromatic carbocycles. The number of fused-ring (bicyclic) bond motifs is 1. The van der Waals surface area contributed by atoms with Crippen LogP contribution < -0.4 is 9.47 Å². The summed E-state index contributed by atoms with van der Waals surface area (Å²) >= 11 is 0. The molecule has 0 radical (unpaired) electrons. The van der Waals surface area contributed by atoms with Gasteiger partial charge in [-0.15, -0.1) is 0 Å². The van der Waals surface area contributed by atoms with Crippen molar-refractivity contribution in [3.8, 4) is 23.0 Å². The molecular weight excluding hydrogens is 452 g/mol. The molecule has 0 spiro atoms. The summed E-state index contributed by atoms with van der Waals surface area (Å²) in [6, 6.07) is 18.1. The van der Waals surface area contributed by atoms with Crippen LogP contribution in [0.5, 0.6) is 23.0 Å². The highest BCUT2D eigenvalue weighted by Crippen LogP contribution is 2.49. The van der Waals surface area contributed by atoms with Gasteiger partial charge < -0.3 is 19.7 Å². The molecule has 3 aromatic rings. The Morgan fingerprint density at radius 1 is 1.08 bits per heavy atom. The Bertz CT molecular complexity index is 1330. The zero-order valence-corrected chi connectivity index (χ0v) is 20.6. The van der Waals surface area contributed by atoms with Gasteiger partial charge in [0.2, 0.25) is 5.69 Å². The summed E-state index contributed by atoms with van der Waals surface area (Å²) in [5.74, 6) is 2.27. The van der Waals surface area contributed by atoms with E-state index in [1.54, 1.807) is 30.3 Å². The molecule has 5 rings (SSSR count). The van der Waals surface area contributed by atoms with Gasteiger partial charge in [0, 0.05) is 30.8 Å². The van der Waals surface area contributed by atoms with Gasteiger partial charge in [-0.2, -0.15) is 0 Å². The van der Waals surface area contributed by atoms with Crippen LogP contribution in [0.3, 0.4) is 0 Å². The lowest BCUT2D eigenvalue weighted by atomic mass is 9.86. The van der Waals surface area contributed by atoms with Crippen LogP contribution in [-0.2, 0) is 0 Å². The Balaban J connectivity index is 1.42. The van der Waals surface area contributed by atoms with Gasteiger partial charge in [0.1, 0.15) is 35.7 Å². The van der Waals surface area contributed by atoms with Crippen LogP contribution in [0.25, 0.3) is 16.0 Å². The zero-order chi connectivity index (χ0) is 25.2. The van der Waals surface area contributed by atoms with Gasteiger partial charge in [-0.05, 0) is 65.9 Å². The average Bonchev–Trinajstić information content (AvgIpc) is 2.85. The van der Waals surface area contributed by atoms with E-state index >= 15 is 0 Å². The number of benzene rings is 3. The molecule has 6 nitrogen and oxygen atoms in total. The van der Waals surface area contributed by atoms with Gasteiger partial charge >= 0.3 is 0 Å². The van der Waals surface area contributed by atoms with E-state index < -0.39 is 6.10 Å². The molecule has 2 aliphatic heterocycles. The fourth-order valence-electron chi connectivity index (χ4n) is 4.99. The molecular formula is C30H30N2O4. The Morgan fingerprint density at radius 2 is 1.86 bits per heavy atom. The third kappa shape index (κ3) is 4.62. The minimum absolute atomic E-state index is 0.0784. The highest BCUT2D eigenvalue weighted by Gasteiger charge is 2.30. The summed E-state index contributed by atoms with van der Waals surface area (Å²) in [5.41, 5.74) is 4.45. The molecule has 0 bridgehead atoms. The second-order valence-corrected chi connectivity index (χ2v) is 9.49. The Hall–Kier alpha value is -3.95. The average molecular weight is 483 g/mol. The molecule has 1 unspecified atom stereocenters. The first-order valence-electron chi connectivity index (χ1n) is 12.3. The third-order valence-corrected chi connectivity index (χ3v) is 7.14. The summed E-state index contributed by atoms with van der Waals surface area (Å²) in [6.07, 6.45) is 0.786. The minimum atomic E-state index is -0.455. The van der Waals surface area contributed by atoms with E-state index in [1.165, 1.54) is 6.42 Å². The van der Waals surface area contributed by atoms with Crippen molar-refractivity contribution in [2.75, 3.05) is 26.2 Å². The first-order valence-corrected chi connectivity index (χ1v) is 12.3. The van der Waals surface area contributed by atoms with Crippen molar-refractivity contribution in [3.05, 3.63) is 88.8 Å². The van der Waals surface area contributed by atoms with Crippen molar-refractivity contribution < 1.29 is 19.7 Å². The van der Waals surface area contributed by atoms with Crippen molar-refractivity contribution >= 4 is 16.8 Å². The second-order valence-electron chi connectivity index (χ2n) is 9.49. The fourth-order valence-corrected chi connectivity index (χ4v) is 4.99. The van der Waals surface area contributed by atoms with Crippen LogP contribution in [0.4, 0.5) is 5.69 Å². The maximum atomic E-state index is 10.3. The van der Waals surface area contributed by atoms with Crippen LogP contribution in [0.1, 0.15) is 43.1 Å². The number of hydrogen-bond acceptors (Lipinski definition) is 5. The lowest BCUT2D eigenvalue weighted by Gasteiger charge is -2.38. The quantitative estimate of drug-likeness (QED) is 0.380. The summed E-state index contributed by atoms with van der Waals surface area (Å²) < 4.78 is 12.4. The molecule has 2 aliphatic rings. The zero-order valence-electron chi connectivity index (χ0n) is 20.6. The van der Waals surface area contributed by atoms with E-state index in [2.05, 4.69) is 16.7 Å². The largest absolute Gasteiger partial charge is 0.519 e. The first-order chi connectivity index (χ1) is 17.5. The summed E-state index contributed by atoms with van der Waals surface area (Å²) in [6.45, 7) is 15.5. The maximum absolute atomic E-state index is 10.3. The Labute approximate surface area is 211 Å². The van der Waals surface area contributed by atoms with Gasteiger partial charge in [0.25, 0.3) is 0 Å². The summed E-state index contributed by atoms with van der Waals surface area (Å²) in [4.78, 5) is 5.83. The van der Waals surface area contributed by atoms with Crippen molar-refractivity contribution in [3.63, 3.8) is 0 Å². The number of phenols is 2. The number of allylic oxidation sites excluding steroid dienone is 1. The first kappa shape index (κ1) is 23.8. The predicted octanol–water partition coefficient (Wildman–Crippen LogP) is 6.43. The van der Waals surface area contributed by atoms with Gasteiger partial charge in [0.05, 0.1) is 6.57 Å². The van der Waals surface area contributed by atoms with Crippen LogP contribution in [0, 0.1) is 12.5 Å². The van der Waals surface area contributed by atoms with Gasteiger partial charge in [-0.1, -0.05) is 37.6 Å². The monoisotopic (exact) mass is 482 g/mol. The third-order valence-electron chi connectivity index (χ3n) is 7.14. The maximum Gasteiger partial charge on any atom is 0.231 e. The standard InChI is InChI=1S/C30H30N2O4/c1-4-20-17-32(18-20)12-13-35-24-10-8-21(9-11-24)30-29(22-6-5-7-23(33)14-22)19(2)25-15-27(34)26(31-3)16-28(25)36-30/h5-11,14-16,20,30,33-34H,4,12-13,17-18H2,1-2H3. The van der Waals surface area contributed by atoms with Crippen molar-refractivity contribution in [1.82, 2.24) is 4.90 Å². The molecule has 2 N–H and O–H groups in total. The van der Waals surface area contributed by atoms with E-state index in [0.717, 1.165) is 59.1 Å². The van der Waals surface area contributed by atoms with Crippen LogP contribution >= 0.6 is 0 Å². The lowest BCUT2D eigenvalue weighted by Crippen LogP contribution is -2.47. The smallest absolute Gasteiger partial charge is 0.231 e. The molecule has 0 aromatic heterocycles. The second kappa shape index (κ2) is 9.96. The van der Waals surface area contributed by atoms with Gasteiger partial charge in [0.15, 0.2) is 0 Å². The fraction of sp³-hybridized carbons (Fsp3) is 0.300. The van der Waals surface area contributed by atoms with Crippen molar-refractivity contribution in [2.45, 2.75) is 26.4 Å². The molecule has 36 heavy (non-hydrogen) atoms. The number of aromatic hydroxyl groups is 2. The minimum Gasteiger partial charge on any atom is -0.519 e. The molecule has 6 heteroatoms. The molecule has 0 saturated carbocycles. The summed E-state index contributed by atoms with van der Waals surface area (Å²) in [7, 11) is 0. The molecule has 184 valence electrons. The molecule has 1 fully saturated rings. The molecule has 0 aliphatic carbocycles. The Morgan fingerprint density at radius 3 is 2.56 bits per heavy atom. The number of ether oxygens (including phenoxy) is 2. The normalized spacial score (nSPS) is 17.6. The van der Waals surface area contributed by atoms with Gasteiger partial charge in [-0.25, -0.2) is 4.85 Å². The van der Waals surface area contributed by atoms with Gasteiger partial charge in [-0.3, -0.25) is 4.90 Å².